The van der Waals surface area contributed by atoms with Gasteiger partial charge >= 0.3 is 0 Å². The maximum absolute atomic E-state index is 12.6. The van der Waals surface area contributed by atoms with Gasteiger partial charge < -0.3 is 10.3 Å². The summed E-state index contributed by atoms with van der Waals surface area (Å²) < 4.78 is 0. The lowest BCUT2D eigenvalue weighted by Gasteiger charge is -2.43. The van der Waals surface area contributed by atoms with Gasteiger partial charge in [0.2, 0.25) is 5.91 Å². The summed E-state index contributed by atoms with van der Waals surface area (Å²) in [5.41, 5.74) is 3.20. The summed E-state index contributed by atoms with van der Waals surface area (Å²) in [6, 6.07) is 18.4. The molecule has 0 bridgehead atoms. The predicted octanol–water partition coefficient (Wildman–Crippen LogP) is 3.91. The number of hydrogen-bond donors (Lipinski definition) is 2. The van der Waals surface area contributed by atoms with Gasteiger partial charge in [0.15, 0.2) is 0 Å². The van der Waals surface area contributed by atoms with Crippen LogP contribution in [0.1, 0.15) is 30.4 Å². The Hall–Kier alpha value is -2.55. The first kappa shape index (κ1) is 14.1. The Morgan fingerprint density at radius 1 is 1.04 bits per heavy atom. The van der Waals surface area contributed by atoms with Crippen molar-refractivity contribution < 1.29 is 4.79 Å². The van der Waals surface area contributed by atoms with Crippen LogP contribution in [-0.4, -0.2) is 10.9 Å². The number of nitrogens with one attached hydrogen (secondary N) is 2. The van der Waals surface area contributed by atoms with Crippen LogP contribution in [0.25, 0.3) is 10.9 Å². The Balaban J connectivity index is 1.53. The van der Waals surface area contributed by atoms with E-state index in [1.807, 2.05) is 42.6 Å². The summed E-state index contributed by atoms with van der Waals surface area (Å²) in [6.07, 6.45) is 5.58. The molecule has 0 atom stereocenters. The lowest BCUT2D eigenvalue weighted by Crippen LogP contribution is -2.51. The van der Waals surface area contributed by atoms with E-state index in [9.17, 15) is 4.79 Å². The van der Waals surface area contributed by atoms with E-state index in [0.29, 0.717) is 6.42 Å². The molecule has 3 heteroatoms. The number of carbonyl (C=O) groups is 1. The molecule has 1 aliphatic carbocycles. The molecule has 2 N–H and O–H groups in total. The van der Waals surface area contributed by atoms with Crippen LogP contribution in [0.4, 0.5) is 0 Å². The smallest absolute Gasteiger partial charge is 0.225 e. The molecule has 1 aliphatic rings. The molecule has 3 aromatic rings. The standard InChI is InChI=1S/C20H20N2O/c23-19(13-15-14-21-18-10-5-4-9-17(15)18)22-20(11-6-12-20)16-7-2-1-3-8-16/h1-5,7-10,14,21H,6,11-13H2,(H,22,23). The summed E-state index contributed by atoms with van der Waals surface area (Å²) in [4.78, 5) is 15.8. The normalized spacial score (nSPS) is 16.0. The van der Waals surface area contributed by atoms with Crippen molar-refractivity contribution in [2.45, 2.75) is 31.2 Å². The maximum atomic E-state index is 12.6. The molecule has 4 rings (SSSR count). The van der Waals surface area contributed by atoms with Crippen LogP contribution in [0, 0.1) is 0 Å². The highest BCUT2D eigenvalue weighted by Gasteiger charge is 2.39. The number of rotatable bonds is 4. The van der Waals surface area contributed by atoms with Gasteiger partial charge in [0, 0.05) is 17.1 Å². The van der Waals surface area contributed by atoms with Crippen LogP contribution in [0.15, 0.2) is 60.8 Å². The van der Waals surface area contributed by atoms with Gasteiger partial charge in [-0.25, -0.2) is 0 Å². The van der Waals surface area contributed by atoms with E-state index in [0.717, 1.165) is 29.3 Å². The quantitative estimate of drug-likeness (QED) is 0.754. The van der Waals surface area contributed by atoms with Gasteiger partial charge in [0.25, 0.3) is 0 Å². The second-order valence-electron chi connectivity index (χ2n) is 6.39. The zero-order chi connectivity index (χ0) is 15.7. The Morgan fingerprint density at radius 3 is 2.52 bits per heavy atom. The van der Waals surface area contributed by atoms with Crippen LogP contribution in [0.5, 0.6) is 0 Å². The summed E-state index contributed by atoms with van der Waals surface area (Å²) in [5.74, 6) is 0.0957. The van der Waals surface area contributed by atoms with Gasteiger partial charge in [-0.05, 0) is 36.5 Å². The topological polar surface area (TPSA) is 44.9 Å². The highest BCUT2D eigenvalue weighted by molar-refractivity contribution is 5.89. The predicted molar refractivity (Wildman–Crippen MR) is 92.1 cm³/mol. The Kier molecular flexibility index (Phi) is 3.41. The first-order valence-electron chi connectivity index (χ1n) is 8.18. The molecule has 0 spiro atoms. The maximum Gasteiger partial charge on any atom is 0.225 e. The van der Waals surface area contributed by atoms with Crippen LogP contribution >= 0.6 is 0 Å². The molecular formula is C20H20N2O. The molecule has 0 unspecified atom stereocenters. The lowest BCUT2D eigenvalue weighted by atomic mass is 9.71. The largest absolute Gasteiger partial charge is 0.361 e. The van der Waals surface area contributed by atoms with Gasteiger partial charge in [0.1, 0.15) is 0 Å². The summed E-state index contributed by atoms with van der Waals surface area (Å²) >= 11 is 0. The Bertz CT molecular complexity index is 831. The van der Waals surface area contributed by atoms with Gasteiger partial charge in [0.05, 0.1) is 12.0 Å². The van der Waals surface area contributed by atoms with Crippen LogP contribution in [0.3, 0.4) is 0 Å². The molecule has 1 amide bonds. The number of hydrogen-bond acceptors (Lipinski definition) is 1. The second kappa shape index (κ2) is 5.58. The lowest BCUT2D eigenvalue weighted by molar-refractivity contribution is -0.123. The molecule has 1 aromatic heterocycles. The fraction of sp³-hybridized carbons (Fsp3) is 0.250. The van der Waals surface area contributed by atoms with Crippen molar-refractivity contribution in [2.24, 2.45) is 0 Å². The Morgan fingerprint density at radius 2 is 1.78 bits per heavy atom. The third kappa shape index (κ3) is 2.52. The Labute approximate surface area is 135 Å². The van der Waals surface area contributed by atoms with Gasteiger partial charge in [-0.15, -0.1) is 0 Å². The van der Waals surface area contributed by atoms with Gasteiger partial charge in [-0.3, -0.25) is 4.79 Å². The van der Waals surface area contributed by atoms with E-state index in [1.54, 1.807) is 0 Å². The van der Waals surface area contributed by atoms with Crippen LogP contribution in [-0.2, 0) is 16.8 Å². The molecule has 1 fully saturated rings. The van der Waals surface area contributed by atoms with Gasteiger partial charge in [-0.2, -0.15) is 0 Å². The number of benzene rings is 2. The van der Waals surface area contributed by atoms with E-state index in [4.69, 9.17) is 0 Å². The molecule has 0 aliphatic heterocycles. The average Bonchev–Trinajstić information content (AvgIpc) is 2.95. The van der Waals surface area contributed by atoms with Crippen LogP contribution < -0.4 is 5.32 Å². The van der Waals surface area contributed by atoms with Crippen LogP contribution in [0.2, 0.25) is 0 Å². The third-order valence-corrected chi connectivity index (χ3v) is 4.94. The number of aromatic nitrogens is 1. The summed E-state index contributed by atoms with van der Waals surface area (Å²) in [7, 11) is 0. The van der Waals surface area contributed by atoms with E-state index in [1.165, 1.54) is 12.0 Å². The number of H-pyrrole nitrogens is 1. The van der Waals surface area contributed by atoms with E-state index >= 15 is 0 Å². The fourth-order valence-corrected chi connectivity index (χ4v) is 3.54. The van der Waals surface area contributed by atoms with Crippen molar-refractivity contribution in [3.8, 4) is 0 Å². The first-order chi connectivity index (χ1) is 11.3. The molecule has 0 radical (unpaired) electrons. The summed E-state index contributed by atoms with van der Waals surface area (Å²) in [6.45, 7) is 0. The minimum Gasteiger partial charge on any atom is -0.361 e. The third-order valence-electron chi connectivity index (χ3n) is 4.94. The molecule has 1 heterocycles. The first-order valence-corrected chi connectivity index (χ1v) is 8.18. The highest BCUT2D eigenvalue weighted by atomic mass is 16.1. The molecule has 1 saturated carbocycles. The summed E-state index contributed by atoms with van der Waals surface area (Å²) in [5, 5.41) is 4.43. The van der Waals surface area contributed by atoms with Crippen molar-refractivity contribution >= 4 is 16.8 Å². The number of fused-ring (bicyclic) bond motifs is 1. The average molecular weight is 304 g/mol. The van der Waals surface area contributed by atoms with Crippen molar-refractivity contribution in [2.75, 3.05) is 0 Å². The molecular weight excluding hydrogens is 284 g/mol. The minimum absolute atomic E-state index is 0.0957. The van der Waals surface area contributed by atoms with Crippen molar-refractivity contribution in [3.05, 3.63) is 71.9 Å². The van der Waals surface area contributed by atoms with Gasteiger partial charge in [-0.1, -0.05) is 48.5 Å². The van der Waals surface area contributed by atoms with E-state index in [-0.39, 0.29) is 11.4 Å². The van der Waals surface area contributed by atoms with Crippen molar-refractivity contribution in [3.63, 3.8) is 0 Å². The molecule has 116 valence electrons. The number of amides is 1. The van der Waals surface area contributed by atoms with E-state index < -0.39 is 0 Å². The van der Waals surface area contributed by atoms with Crippen molar-refractivity contribution in [1.82, 2.24) is 10.3 Å². The zero-order valence-electron chi connectivity index (χ0n) is 13.0. The molecule has 23 heavy (non-hydrogen) atoms. The minimum atomic E-state index is -0.162. The number of carbonyl (C=O) groups excluding carboxylic acids is 1. The van der Waals surface area contributed by atoms with Crippen molar-refractivity contribution in [1.29, 1.82) is 0 Å². The molecule has 3 nitrogen and oxygen atoms in total. The molecule has 0 saturated heterocycles. The second-order valence-corrected chi connectivity index (χ2v) is 6.39. The highest BCUT2D eigenvalue weighted by Crippen LogP contribution is 2.41. The zero-order valence-corrected chi connectivity index (χ0v) is 13.0. The van der Waals surface area contributed by atoms with E-state index in [2.05, 4.69) is 28.5 Å². The fourth-order valence-electron chi connectivity index (χ4n) is 3.54. The molecule has 2 aromatic carbocycles. The number of para-hydroxylation sites is 1. The monoisotopic (exact) mass is 304 g/mol. The number of aromatic amines is 1. The SMILES string of the molecule is O=C(Cc1c[nH]c2ccccc12)NC1(c2ccccc2)CCC1.